The molecule has 0 fully saturated rings. The van der Waals surface area contributed by atoms with Crippen molar-refractivity contribution in [1.29, 1.82) is 0 Å². The first-order valence-corrected chi connectivity index (χ1v) is 15.6. The molecule has 8 heteroatoms. The van der Waals surface area contributed by atoms with Gasteiger partial charge in [0.1, 0.15) is 23.4 Å². The number of hydrogen-bond acceptors (Lipinski definition) is 5. The van der Waals surface area contributed by atoms with Gasteiger partial charge < -0.3 is 25.0 Å². The first-order valence-electron chi connectivity index (χ1n) is 15.6. The first-order chi connectivity index (χ1) is 20.3. The minimum absolute atomic E-state index is 0.188. The van der Waals surface area contributed by atoms with Crippen LogP contribution in [0, 0.1) is 19.8 Å². The summed E-state index contributed by atoms with van der Waals surface area (Å²) in [6, 6.07) is 11.2. The van der Waals surface area contributed by atoms with Crippen molar-refractivity contribution in [3.63, 3.8) is 0 Å². The lowest BCUT2D eigenvalue weighted by molar-refractivity contribution is -0.142. The third-order valence-electron chi connectivity index (χ3n) is 7.80. The second-order valence-corrected chi connectivity index (χ2v) is 12.4. The molecule has 0 heterocycles. The van der Waals surface area contributed by atoms with E-state index in [9.17, 15) is 14.4 Å². The quantitative estimate of drug-likeness (QED) is 0.205. The molecule has 0 saturated carbocycles. The first kappa shape index (κ1) is 35.6. The van der Waals surface area contributed by atoms with E-state index in [1.165, 1.54) is 0 Å². The zero-order valence-corrected chi connectivity index (χ0v) is 27.7. The number of anilines is 1. The number of nitrogens with zero attached hydrogens (tertiary/aromatic N) is 1. The van der Waals surface area contributed by atoms with Gasteiger partial charge in [-0.3, -0.25) is 9.59 Å². The Labute approximate surface area is 258 Å². The number of benzene rings is 2. The van der Waals surface area contributed by atoms with Crippen molar-refractivity contribution < 1.29 is 23.9 Å². The molecule has 0 aliphatic carbocycles. The largest absolute Gasteiger partial charge is 0.497 e. The standard InChI is InChI=1S/C35H53N3O5/c1-10-12-13-14-15-23-38(33(40)30(24(3)11-2)37-34(41)43-35(6,7)8)31(29-18-16-17-25(4)26(29)5)32(39)36-27-19-21-28(42-9)22-20-27/h16-22,24,30-31H,10-15,23H2,1-9H3,(H,36,39)(H,37,41). The molecule has 0 aliphatic heterocycles. The van der Waals surface area contributed by atoms with Crippen LogP contribution < -0.4 is 15.4 Å². The Hall–Kier alpha value is -3.55. The van der Waals surface area contributed by atoms with Crippen LogP contribution in [0.15, 0.2) is 42.5 Å². The molecule has 2 N–H and O–H groups in total. The van der Waals surface area contributed by atoms with Crippen LogP contribution in [0.2, 0.25) is 0 Å². The zero-order valence-electron chi connectivity index (χ0n) is 27.7. The highest BCUT2D eigenvalue weighted by atomic mass is 16.6. The average Bonchev–Trinajstić information content (AvgIpc) is 2.95. The van der Waals surface area contributed by atoms with Gasteiger partial charge in [0.2, 0.25) is 5.91 Å². The lowest BCUT2D eigenvalue weighted by Crippen LogP contribution is -2.55. The molecule has 3 amide bonds. The fraction of sp³-hybridized carbons (Fsp3) is 0.571. The second-order valence-electron chi connectivity index (χ2n) is 12.4. The molecule has 2 aromatic rings. The van der Waals surface area contributed by atoms with Gasteiger partial charge in [0, 0.05) is 12.2 Å². The maximum absolute atomic E-state index is 14.6. The third kappa shape index (κ3) is 10.9. The summed E-state index contributed by atoms with van der Waals surface area (Å²) in [6.07, 6.45) is 4.95. The number of rotatable bonds is 15. The number of alkyl carbamates (subject to hydrolysis) is 1. The van der Waals surface area contributed by atoms with Crippen LogP contribution in [-0.2, 0) is 14.3 Å². The molecule has 238 valence electrons. The number of carbonyl (C=O) groups is 3. The van der Waals surface area contributed by atoms with Gasteiger partial charge in [-0.1, -0.05) is 71.1 Å². The molecule has 0 saturated heterocycles. The van der Waals surface area contributed by atoms with Gasteiger partial charge in [-0.2, -0.15) is 0 Å². The summed E-state index contributed by atoms with van der Waals surface area (Å²) in [4.78, 5) is 43.4. The van der Waals surface area contributed by atoms with Crippen molar-refractivity contribution in [2.24, 2.45) is 5.92 Å². The van der Waals surface area contributed by atoms with E-state index in [0.717, 1.165) is 48.8 Å². The summed E-state index contributed by atoms with van der Waals surface area (Å²) >= 11 is 0. The molecular formula is C35H53N3O5. The SMILES string of the molecule is CCCCCCCN(C(=O)C(NC(=O)OC(C)(C)C)C(C)CC)C(C(=O)Nc1ccc(OC)cc1)c1cccc(C)c1C. The fourth-order valence-corrected chi connectivity index (χ4v) is 4.95. The summed E-state index contributed by atoms with van der Waals surface area (Å²) in [7, 11) is 1.59. The Morgan fingerprint density at radius 3 is 2.16 bits per heavy atom. The molecule has 0 spiro atoms. The fourth-order valence-electron chi connectivity index (χ4n) is 4.95. The van der Waals surface area contributed by atoms with E-state index in [-0.39, 0.29) is 17.7 Å². The van der Waals surface area contributed by atoms with E-state index in [2.05, 4.69) is 17.6 Å². The Bertz CT molecular complexity index is 1190. The maximum Gasteiger partial charge on any atom is 0.408 e. The van der Waals surface area contributed by atoms with E-state index in [0.29, 0.717) is 24.4 Å². The number of methoxy groups -OCH3 is 1. The number of ether oxygens (including phenoxy) is 2. The van der Waals surface area contributed by atoms with Crippen LogP contribution in [0.4, 0.5) is 10.5 Å². The highest BCUT2D eigenvalue weighted by Crippen LogP contribution is 2.30. The molecule has 0 bridgehead atoms. The molecular weight excluding hydrogens is 542 g/mol. The summed E-state index contributed by atoms with van der Waals surface area (Å²) in [5, 5.41) is 5.89. The van der Waals surface area contributed by atoms with Gasteiger partial charge in [-0.15, -0.1) is 0 Å². The molecule has 2 aromatic carbocycles. The van der Waals surface area contributed by atoms with Crippen LogP contribution in [-0.4, -0.2) is 48.1 Å². The van der Waals surface area contributed by atoms with Crippen molar-refractivity contribution in [3.05, 3.63) is 59.2 Å². The second kappa shape index (κ2) is 16.9. The van der Waals surface area contributed by atoms with E-state index in [1.807, 2.05) is 45.9 Å². The van der Waals surface area contributed by atoms with Crippen molar-refractivity contribution in [1.82, 2.24) is 10.2 Å². The molecule has 0 aromatic heterocycles. The highest BCUT2D eigenvalue weighted by Gasteiger charge is 2.38. The predicted octanol–water partition coefficient (Wildman–Crippen LogP) is 7.73. The predicted molar refractivity (Wildman–Crippen MR) is 173 cm³/mol. The molecule has 43 heavy (non-hydrogen) atoms. The summed E-state index contributed by atoms with van der Waals surface area (Å²) in [5.74, 6) is -0.128. The number of hydrogen-bond donors (Lipinski definition) is 2. The lowest BCUT2D eigenvalue weighted by atomic mass is 9.92. The maximum atomic E-state index is 14.6. The van der Waals surface area contributed by atoms with Crippen LogP contribution >= 0.6 is 0 Å². The van der Waals surface area contributed by atoms with E-state index < -0.39 is 23.8 Å². The topological polar surface area (TPSA) is 97.0 Å². The van der Waals surface area contributed by atoms with Crippen molar-refractivity contribution in [2.75, 3.05) is 19.0 Å². The molecule has 2 rings (SSSR count). The van der Waals surface area contributed by atoms with E-state index in [1.54, 1.807) is 57.0 Å². The van der Waals surface area contributed by atoms with Crippen molar-refractivity contribution in [2.45, 2.75) is 112 Å². The Kier molecular flexibility index (Phi) is 14.0. The summed E-state index contributed by atoms with van der Waals surface area (Å²) in [6.45, 7) is 15.8. The average molecular weight is 596 g/mol. The van der Waals surface area contributed by atoms with Gasteiger partial charge in [0.25, 0.3) is 5.91 Å². The smallest absolute Gasteiger partial charge is 0.408 e. The third-order valence-corrected chi connectivity index (χ3v) is 7.80. The molecule has 8 nitrogen and oxygen atoms in total. The summed E-state index contributed by atoms with van der Waals surface area (Å²) < 4.78 is 10.8. The Morgan fingerprint density at radius 1 is 0.930 bits per heavy atom. The molecule has 0 radical (unpaired) electrons. The number of nitrogens with one attached hydrogen (secondary N) is 2. The van der Waals surface area contributed by atoms with Crippen LogP contribution in [0.5, 0.6) is 5.75 Å². The summed E-state index contributed by atoms with van der Waals surface area (Å²) in [5.41, 5.74) is 2.61. The van der Waals surface area contributed by atoms with Crippen LogP contribution in [0.25, 0.3) is 0 Å². The van der Waals surface area contributed by atoms with Crippen LogP contribution in [0.3, 0.4) is 0 Å². The van der Waals surface area contributed by atoms with Gasteiger partial charge in [0.15, 0.2) is 0 Å². The van der Waals surface area contributed by atoms with E-state index in [4.69, 9.17) is 9.47 Å². The van der Waals surface area contributed by atoms with Crippen LogP contribution in [0.1, 0.15) is 103 Å². The number of carbonyl (C=O) groups excluding carboxylic acids is 3. The Morgan fingerprint density at radius 2 is 1.58 bits per heavy atom. The molecule has 3 unspecified atom stereocenters. The van der Waals surface area contributed by atoms with Gasteiger partial charge in [0.05, 0.1) is 7.11 Å². The Balaban J connectivity index is 2.60. The number of aryl methyl sites for hydroxylation is 1. The van der Waals surface area contributed by atoms with Crippen molar-refractivity contribution in [3.8, 4) is 5.75 Å². The minimum Gasteiger partial charge on any atom is -0.497 e. The monoisotopic (exact) mass is 595 g/mol. The minimum atomic E-state index is -0.910. The normalized spacial score (nSPS) is 13.4. The van der Waals surface area contributed by atoms with Crippen molar-refractivity contribution >= 4 is 23.6 Å². The lowest BCUT2D eigenvalue weighted by Gasteiger charge is -2.36. The molecule has 0 aliphatic rings. The van der Waals surface area contributed by atoms with E-state index >= 15 is 0 Å². The number of amides is 3. The van der Waals surface area contributed by atoms with Gasteiger partial charge >= 0.3 is 6.09 Å². The van der Waals surface area contributed by atoms with Gasteiger partial charge in [-0.05, 0) is 87.9 Å². The highest BCUT2D eigenvalue weighted by molar-refractivity contribution is 5.99. The van der Waals surface area contributed by atoms with Gasteiger partial charge in [-0.25, -0.2) is 4.79 Å². The zero-order chi connectivity index (χ0) is 32.2. The number of unbranched alkanes of at least 4 members (excludes halogenated alkanes) is 4. The molecule has 3 atom stereocenters.